The number of amides is 1. The van der Waals surface area contributed by atoms with E-state index in [0.717, 1.165) is 12.1 Å². The fourth-order valence-electron chi connectivity index (χ4n) is 2.64. The van der Waals surface area contributed by atoms with Crippen molar-refractivity contribution in [2.24, 2.45) is 5.92 Å². The first-order chi connectivity index (χ1) is 10.3. The van der Waals surface area contributed by atoms with E-state index in [1.54, 1.807) is 13.0 Å². The molecule has 1 aliphatic heterocycles. The van der Waals surface area contributed by atoms with Crippen LogP contribution in [0.5, 0.6) is 0 Å². The summed E-state index contributed by atoms with van der Waals surface area (Å²) in [6.45, 7) is 4.14. The Kier molecular flexibility index (Phi) is 5.11. The highest BCUT2D eigenvalue weighted by Crippen LogP contribution is 2.31. The van der Waals surface area contributed by atoms with Gasteiger partial charge >= 0.3 is 6.18 Å². The lowest BCUT2D eigenvalue weighted by Gasteiger charge is -2.27. The van der Waals surface area contributed by atoms with Crippen molar-refractivity contribution in [2.45, 2.75) is 45.0 Å². The van der Waals surface area contributed by atoms with Crippen LogP contribution in [0, 0.1) is 5.92 Å². The Bertz CT molecular complexity index is 530. The van der Waals surface area contributed by atoms with Gasteiger partial charge in [-0.1, -0.05) is 12.1 Å². The van der Waals surface area contributed by atoms with Crippen LogP contribution in [0.2, 0.25) is 0 Å². The van der Waals surface area contributed by atoms with Gasteiger partial charge in [-0.3, -0.25) is 4.79 Å². The van der Waals surface area contributed by atoms with Gasteiger partial charge < -0.3 is 10.1 Å². The SMILES string of the molecule is C[C@@H]1C[C@@H](C(=O)N[C@H](C)c2cccc(C(F)(F)F)c2)CCO1. The summed E-state index contributed by atoms with van der Waals surface area (Å²) < 4.78 is 43.6. The molecule has 1 aromatic carbocycles. The fourth-order valence-corrected chi connectivity index (χ4v) is 2.64. The molecule has 1 amide bonds. The molecule has 1 N–H and O–H groups in total. The van der Waals surface area contributed by atoms with Crippen LogP contribution in [-0.2, 0) is 15.7 Å². The maximum atomic E-state index is 12.7. The summed E-state index contributed by atoms with van der Waals surface area (Å²) in [5, 5.41) is 2.80. The van der Waals surface area contributed by atoms with Gasteiger partial charge in [0.05, 0.1) is 17.7 Å². The van der Waals surface area contributed by atoms with Crippen LogP contribution in [0.1, 0.15) is 43.9 Å². The van der Waals surface area contributed by atoms with E-state index in [9.17, 15) is 18.0 Å². The van der Waals surface area contributed by atoms with Crippen LogP contribution in [0.25, 0.3) is 0 Å². The standard InChI is InChI=1S/C16H20F3NO2/c1-10-8-13(6-7-22-10)15(21)20-11(2)12-4-3-5-14(9-12)16(17,18)19/h3-5,9-11,13H,6-8H2,1-2H3,(H,20,21)/t10-,11-,13+/m1/s1. The van der Waals surface area contributed by atoms with Gasteiger partial charge in [0, 0.05) is 12.5 Å². The molecule has 1 aromatic rings. The third kappa shape index (κ3) is 4.22. The normalized spacial score (nSPS) is 23.9. The molecular formula is C16H20F3NO2. The maximum absolute atomic E-state index is 12.7. The highest BCUT2D eigenvalue weighted by Gasteiger charge is 2.31. The summed E-state index contributed by atoms with van der Waals surface area (Å²) in [5.74, 6) is -0.267. The highest BCUT2D eigenvalue weighted by atomic mass is 19.4. The molecule has 122 valence electrons. The molecule has 0 radical (unpaired) electrons. The fraction of sp³-hybridized carbons (Fsp3) is 0.562. The van der Waals surface area contributed by atoms with Crippen LogP contribution in [0.3, 0.4) is 0 Å². The summed E-state index contributed by atoms with van der Waals surface area (Å²) in [6, 6.07) is 4.59. The zero-order valence-electron chi connectivity index (χ0n) is 12.6. The zero-order valence-corrected chi connectivity index (χ0v) is 12.6. The van der Waals surface area contributed by atoms with Crippen LogP contribution >= 0.6 is 0 Å². The van der Waals surface area contributed by atoms with Gasteiger partial charge in [0.25, 0.3) is 0 Å². The molecule has 3 atom stereocenters. The summed E-state index contributed by atoms with van der Waals surface area (Å²) in [7, 11) is 0. The van der Waals surface area contributed by atoms with Crippen molar-refractivity contribution >= 4 is 5.91 Å². The first-order valence-corrected chi connectivity index (χ1v) is 7.36. The van der Waals surface area contributed by atoms with Crippen molar-refractivity contribution in [3.63, 3.8) is 0 Å². The molecule has 0 saturated carbocycles. The Morgan fingerprint density at radius 3 is 2.77 bits per heavy atom. The molecule has 1 fully saturated rings. The van der Waals surface area contributed by atoms with Gasteiger partial charge in [-0.05, 0) is 44.4 Å². The molecule has 0 aliphatic carbocycles. The minimum absolute atomic E-state index is 0.0355. The highest BCUT2D eigenvalue weighted by molar-refractivity contribution is 5.79. The topological polar surface area (TPSA) is 38.3 Å². The minimum Gasteiger partial charge on any atom is -0.378 e. The number of nitrogens with one attached hydrogen (secondary N) is 1. The number of hydrogen-bond donors (Lipinski definition) is 1. The molecular weight excluding hydrogens is 295 g/mol. The van der Waals surface area contributed by atoms with Crippen LogP contribution in [0.15, 0.2) is 24.3 Å². The van der Waals surface area contributed by atoms with Gasteiger partial charge in [0.15, 0.2) is 0 Å². The Labute approximate surface area is 127 Å². The number of alkyl halides is 3. The van der Waals surface area contributed by atoms with Crippen molar-refractivity contribution in [2.75, 3.05) is 6.61 Å². The number of carbonyl (C=O) groups is 1. The molecule has 6 heteroatoms. The van der Waals surface area contributed by atoms with Crippen molar-refractivity contribution in [3.8, 4) is 0 Å². The molecule has 0 spiro atoms. The number of hydrogen-bond acceptors (Lipinski definition) is 2. The Morgan fingerprint density at radius 2 is 2.14 bits per heavy atom. The first kappa shape index (κ1) is 16.8. The van der Waals surface area contributed by atoms with Gasteiger partial charge in [0.2, 0.25) is 5.91 Å². The average Bonchev–Trinajstić information content (AvgIpc) is 2.46. The van der Waals surface area contributed by atoms with Gasteiger partial charge in [-0.25, -0.2) is 0 Å². The molecule has 3 nitrogen and oxygen atoms in total. The number of ether oxygens (including phenoxy) is 1. The lowest BCUT2D eigenvalue weighted by atomic mass is 9.94. The predicted octanol–water partition coefficient (Wildman–Crippen LogP) is 3.70. The Morgan fingerprint density at radius 1 is 1.41 bits per heavy atom. The second-order valence-electron chi connectivity index (χ2n) is 5.76. The largest absolute Gasteiger partial charge is 0.416 e. The van der Waals surface area contributed by atoms with Crippen molar-refractivity contribution in [1.82, 2.24) is 5.32 Å². The number of halogens is 3. The molecule has 0 bridgehead atoms. The second kappa shape index (κ2) is 6.69. The third-order valence-corrected chi connectivity index (χ3v) is 3.93. The molecule has 0 unspecified atom stereocenters. The summed E-state index contributed by atoms with van der Waals surface area (Å²) in [4.78, 5) is 12.2. The minimum atomic E-state index is -4.38. The predicted molar refractivity (Wildman–Crippen MR) is 76.1 cm³/mol. The number of carbonyl (C=O) groups excluding carboxylic acids is 1. The van der Waals surface area contributed by atoms with Crippen molar-refractivity contribution in [1.29, 1.82) is 0 Å². The van der Waals surface area contributed by atoms with Crippen molar-refractivity contribution in [3.05, 3.63) is 35.4 Å². The second-order valence-corrected chi connectivity index (χ2v) is 5.76. The monoisotopic (exact) mass is 315 g/mol. The number of rotatable bonds is 3. The summed E-state index contributed by atoms with van der Waals surface area (Å²) in [5.41, 5.74) is -0.255. The van der Waals surface area contributed by atoms with E-state index in [4.69, 9.17) is 4.74 Å². The smallest absolute Gasteiger partial charge is 0.378 e. The van der Waals surface area contributed by atoms with Crippen LogP contribution in [-0.4, -0.2) is 18.6 Å². The van der Waals surface area contributed by atoms with E-state index < -0.39 is 17.8 Å². The average molecular weight is 315 g/mol. The van der Waals surface area contributed by atoms with E-state index in [0.29, 0.717) is 25.0 Å². The molecule has 2 rings (SSSR count). The zero-order chi connectivity index (χ0) is 16.3. The van der Waals surface area contributed by atoms with E-state index in [2.05, 4.69) is 5.32 Å². The van der Waals surface area contributed by atoms with Crippen molar-refractivity contribution < 1.29 is 22.7 Å². The van der Waals surface area contributed by atoms with E-state index in [-0.39, 0.29) is 17.9 Å². The van der Waals surface area contributed by atoms with E-state index in [1.165, 1.54) is 6.07 Å². The third-order valence-electron chi connectivity index (χ3n) is 3.93. The lowest BCUT2D eigenvalue weighted by molar-refractivity contribution is -0.137. The maximum Gasteiger partial charge on any atom is 0.416 e. The van der Waals surface area contributed by atoms with Gasteiger partial charge in [0.1, 0.15) is 0 Å². The molecule has 1 aliphatic rings. The van der Waals surface area contributed by atoms with Gasteiger partial charge in [-0.2, -0.15) is 13.2 Å². The quantitative estimate of drug-likeness (QED) is 0.923. The molecule has 1 saturated heterocycles. The van der Waals surface area contributed by atoms with Crippen LogP contribution in [0.4, 0.5) is 13.2 Å². The number of benzene rings is 1. The Hall–Kier alpha value is -1.56. The van der Waals surface area contributed by atoms with Crippen LogP contribution < -0.4 is 5.32 Å². The molecule has 0 aromatic heterocycles. The van der Waals surface area contributed by atoms with E-state index in [1.807, 2.05) is 6.92 Å². The summed E-state index contributed by atoms with van der Waals surface area (Å²) >= 11 is 0. The first-order valence-electron chi connectivity index (χ1n) is 7.36. The molecule has 1 heterocycles. The summed E-state index contributed by atoms with van der Waals surface area (Å²) in [6.07, 6.45) is -3.06. The molecule has 22 heavy (non-hydrogen) atoms. The Balaban J connectivity index is 2.02. The lowest BCUT2D eigenvalue weighted by Crippen LogP contribution is -2.37. The van der Waals surface area contributed by atoms with E-state index >= 15 is 0 Å². The van der Waals surface area contributed by atoms with Gasteiger partial charge in [-0.15, -0.1) is 0 Å².